The lowest BCUT2D eigenvalue weighted by molar-refractivity contribution is 0.104. The number of carbonyl (C=O) groups excluding carboxylic acids is 1. The van der Waals surface area contributed by atoms with Crippen molar-refractivity contribution in [3.8, 4) is 0 Å². The Labute approximate surface area is 118 Å². The lowest BCUT2D eigenvalue weighted by Crippen LogP contribution is -2.03. The van der Waals surface area contributed by atoms with Crippen molar-refractivity contribution in [2.24, 2.45) is 0 Å². The summed E-state index contributed by atoms with van der Waals surface area (Å²) in [6.07, 6.45) is 3.44. The first-order valence-corrected chi connectivity index (χ1v) is 6.61. The fraction of sp³-hybridized carbons (Fsp3) is 0.111. The lowest BCUT2D eigenvalue weighted by Gasteiger charge is -2.07. The smallest absolute Gasteiger partial charge is 0.195 e. The van der Waals surface area contributed by atoms with Crippen molar-refractivity contribution in [1.29, 1.82) is 0 Å². The summed E-state index contributed by atoms with van der Waals surface area (Å²) in [5.74, 6) is 0.0254. The Balaban J connectivity index is 2.15. The fourth-order valence-electron chi connectivity index (χ4n) is 2.34. The highest BCUT2D eigenvalue weighted by atomic mass is 16.1. The first-order valence-electron chi connectivity index (χ1n) is 6.61. The molecule has 2 nitrogen and oxygen atoms in total. The summed E-state index contributed by atoms with van der Waals surface area (Å²) in [7, 11) is 0. The summed E-state index contributed by atoms with van der Waals surface area (Å²) >= 11 is 0. The van der Waals surface area contributed by atoms with Gasteiger partial charge in [0.15, 0.2) is 5.78 Å². The number of aryl methyl sites for hydroxylation is 2. The second kappa shape index (κ2) is 4.89. The maximum absolute atomic E-state index is 12.7. The number of carbonyl (C=O) groups is 1. The molecule has 0 spiro atoms. The molecule has 98 valence electrons. The van der Waals surface area contributed by atoms with E-state index in [-0.39, 0.29) is 5.78 Å². The third-order valence-corrected chi connectivity index (χ3v) is 3.68. The van der Waals surface area contributed by atoms with Crippen LogP contribution in [-0.2, 0) is 0 Å². The van der Waals surface area contributed by atoms with Gasteiger partial charge in [-0.25, -0.2) is 0 Å². The average molecular weight is 261 g/mol. The molecule has 0 fully saturated rings. The van der Waals surface area contributed by atoms with Gasteiger partial charge in [0, 0.05) is 28.9 Å². The van der Waals surface area contributed by atoms with Gasteiger partial charge in [-0.05, 0) is 36.4 Å². The second-order valence-electron chi connectivity index (χ2n) is 5.04. The molecule has 0 bridgehead atoms. The largest absolute Gasteiger partial charge is 0.289 e. The summed E-state index contributed by atoms with van der Waals surface area (Å²) in [5.41, 5.74) is 3.69. The van der Waals surface area contributed by atoms with E-state index in [1.165, 1.54) is 5.56 Å². The van der Waals surface area contributed by atoms with Crippen molar-refractivity contribution in [3.63, 3.8) is 0 Å². The third-order valence-electron chi connectivity index (χ3n) is 3.68. The summed E-state index contributed by atoms with van der Waals surface area (Å²) in [6.45, 7) is 4.07. The van der Waals surface area contributed by atoms with Gasteiger partial charge in [-0.2, -0.15) is 0 Å². The standard InChI is InChI=1S/C18H15NO/c1-12-7-8-14(9-13(12)2)18(20)17-11-19-10-15-5-3-4-6-16(15)17/h3-11H,1-2H3. The molecule has 0 amide bonds. The van der Waals surface area contributed by atoms with Crippen molar-refractivity contribution in [3.05, 3.63) is 77.1 Å². The van der Waals surface area contributed by atoms with Crippen LogP contribution in [0.5, 0.6) is 0 Å². The van der Waals surface area contributed by atoms with Gasteiger partial charge < -0.3 is 0 Å². The normalized spacial score (nSPS) is 10.7. The van der Waals surface area contributed by atoms with Crippen molar-refractivity contribution in [1.82, 2.24) is 4.98 Å². The van der Waals surface area contributed by atoms with Gasteiger partial charge in [0.2, 0.25) is 0 Å². The van der Waals surface area contributed by atoms with E-state index in [4.69, 9.17) is 0 Å². The number of aromatic nitrogens is 1. The Hall–Kier alpha value is -2.48. The Kier molecular flexibility index (Phi) is 3.07. The van der Waals surface area contributed by atoms with Gasteiger partial charge in [-0.1, -0.05) is 36.4 Å². The zero-order valence-electron chi connectivity index (χ0n) is 11.6. The number of ketones is 1. The zero-order chi connectivity index (χ0) is 14.1. The molecule has 20 heavy (non-hydrogen) atoms. The van der Waals surface area contributed by atoms with Crippen LogP contribution in [-0.4, -0.2) is 10.8 Å². The van der Waals surface area contributed by atoms with E-state index in [2.05, 4.69) is 4.98 Å². The molecular formula is C18H15NO. The van der Waals surface area contributed by atoms with Crippen LogP contribution < -0.4 is 0 Å². The maximum atomic E-state index is 12.7. The molecule has 2 aromatic carbocycles. The highest BCUT2D eigenvalue weighted by molar-refractivity contribution is 6.16. The predicted molar refractivity (Wildman–Crippen MR) is 81.1 cm³/mol. The summed E-state index contributed by atoms with van der Waals surface area (Å²) in [4.78, 5) is 16.9. The number of nitrogens with zero attached hydrogens (tertiary/aromatic N) is 1. The molecule has 3 aromatic rings. The van der Waals surface area contributed by atoms with E-state index >= 15 is 0 Å². The minimum absolute atomic E-state index is 0.0254. The number of rotatable bonds is 2. The van der Waals surface area contributed by atoms with E-state index in [0.717, 1.165) is 16.3 Å². The number of fused-ring (bicyclic) bond motifs is 1. The Morgan fingerprint density at radius 3 is 2.55 bits per heavy atom. The highest BCUT2D eigenvalue weighted by Gasteiger charge is 2.13. The quantitative estimate of drug-likeness (QED) is 0.650. The molecule has 0 unspecified atom stereocenters. The van der Waals surface area contributed by atoms with Crippen molar-refractivity contribution >= 4 is 16.6 Å². The summed E-state index contributed by atoms with van der Waals surface area (Å²) < 4.78 is 0. The average Bonchev–Trinajstić information content (AvgIpc) is 2.49. The molecule has 0 radical (unpaired) electrons. The van der Waals surface area contributed by atoms with Gasteiger partial charge in [0.25, 0.3) is 0 Å². The minimum atomic E-state index is 0.0254. The van der Waals surface area contributed by atoms with E-state index in [1.54, 1.807) is 12.4 Å². The lowest BCUT2D eigenvalue weighted by atomic mass is 9.97. The van der Waals surface area contributed by atoms with E-state index in [9.17, 15) is 4.79 Å². The van der Waals surface area contributed by atoms with Crippen molar-refractivity contribution in [2.45, 2.75) is 13.8 Å². The summed E-state index contributed by atoms with van der Waals surface area (Å²) in [6, 6.07) is 13.6. The van der Waals surface area contributed by atoms with Crippen molar-refractivity contribution < 1.29 is 4.79 Å². The maximum Gasteiger partial charge on any atom is 0.195 e. The van der Waals surface area contributed by atoms with Gasteiger partial charge >= 0.3 is 0 Å². The van der Waals surface area contributed by atoms with Crippen molar-refractivity contribution in [2.75, 3.05) is 0 Å². The number of hydrogen-bond donors (Lipinski definition) is 0. The van der Waals surface area contributed by atoms with Crippen LogP contribution in [0.3, 0.4) is 0 Å². The predicted octanol–water partition coefficient (Wildman–Crippen LogP) is 4.08. The van der Waals surface area contributed by atoms with Crippen LogP contribution in [0.2, 0.25) is 0 Å². The Morgan fingerprint density at radius 1 is 0.950 bits per heavy atom. The molecule has 1 heterocycles. The molecule has 0 aliphatic heterocycles. The third kappa shape index (κ3) is 2.10. The molecule has 0 aliphatic carbocycles. The molecule has 3 rings (SSSR count). The molecular weight excluding hydrogens is 246 g/mol. The van der Waals surface area contributed by atoms with Gasteiger partial charge in [-0.3, -0.25) is 9.78 Å². The molecule has 0 saturated heterocycles. The van der Waals surface area contributed by atoms with E-state index in [1.807, 2.05) is 56.3 Å². The number of benzene rings is 2. The van der Waals surface area contributed by atoms with Crippen LogP contribution in [0.25, 0.3) is 10.8 Å². The molecule has 0 atom stereocenters. The van der Waals surface area contributed by atoms with Gasteiger partial charge in [-0.15, -0.1) is 0 Å². The molecule has 0 saturated carbocycles. The minimum Gasteiger partial charge on any atom is -0.289 e. The fourth-order valence-corrected chi connectivity index (χ4v) is 2.34. The second-order valence-corrected chi connectivity index (χ2v) is 5.04. The summed E-state index contributed by atoms with van der Waals surface area (Å²) in [5, 5.41) is 1.94. The van der Waals surface area contributed by atoms with Gasteiger partial charge in [0.1, 0.15) is 0 Å². The monoisotopic (exact) mass is 261 g/mol. The molecule has 2 heteroatoms. The van der Waals surface area contributed by atoms with Crippen LogP contribution in [0, 0.1) is 13.8 Å². The first kappa shape index (κ1) is 12.5. The number of hydrogen-bond acceptors (Lipinski definition) is 2. The SMILES string of the molecule is Cc1ccc(C(=O)c2cncc3ccccc23)cc1C. The first-order chi connectivity index (χ1) is 9.66. The van der Waals surface area contributed by atoms with E-state index in [0.29, 0.717) is 11.1 Å². The van der Waals surface area contributed by atoms with E-state index < -0.39 is 0 Å². The van der Waals surface area contributed by atoms with Crippen LogP contribution >= 0.6 is 0 Å². The molecule has 1 aromatic heterocycles. The number of pyridine rings is 1. The van der Waals surface area contributed by atoms with Crippen LogP contribution in [0.15, 0.2) is 54.9 Å². The molecule has 0 N–H and O–H groups in total. The Morgan fingerprint density at radius 2 is 1.75 bits per heavy atom. The van der Waals surface area contributed by atoms with Crippen LogP contribution in [0.4, 0.5) is 0 Å². The van der Waals surface area contributed by atoms with Crippen LogP contribution in [0.1, 0.15) is 27.0 Å². The molecule has 0 aliphatic rings. The Bertz CT molecular complexity index is 800. The van der Waals surface area contributed by atoms with Gasteiger partial charge in [0.05, 0.1) is 0 Å². The highest BCUT2D eigenvalue weighted by Crippen LogP contribution is 2.21. The topological polar surface area (TPSA) is 30.0 Å². The zero-order valence-corrected chi connectivity index (χ0v) is 11.6.